The maximum atomic E-state index is 11.9. The fourth-order valence-corrected chi connectivity index (χ4v) is 3.15. The van der Waals surface area contributed by atoms with E-state index in [0.29, 0.717) is 26.1 Å². The second-order valence-corrected chi connectivity index (χ2v) is 6.47. The fourth-order valence-electron chi connectivity index (χ4n) is 3.15. The molecule has 1 atom stereocenters. The Kier molecular flexibility index (Phi) is 4.78. The van der Waals surface area contributed by atoms with Gasteiger partial charge in [-0.15, -0.1) is 0 Å². The van der Waals surface area contributed by atoms with E-state index in [1.54, 1.807) is 10.9 Å². The number of carbonyl (C=O) groups excluding carboxylic acids is 1. The van der Waals surface area contributed by atoms with Gasteiger partial charge in [-0.05, 0) is 24.8 Å². The van der Waals surface area contributed by atoms with Crippen LogP contribution in [0.4, 0.5) is 0 Å². The van der Waals surface area contributed by atoms with Gasteiger partial charge in [0.2, 0.25) is 5.91 Å². The van der Waals surface area contributed by atoms with Gasteiger partial charge < -0.3 is 14.8 Å². The zero-order valence-corrected chi connectivity index (χ0v) is 13.2. The molecule has 1 saturated heterocycles. The van der Waals surface area contributed by atoms with Crippen molar-refractivity contribution in [1.82, 2.24) is 15.1 Å². The minimum atomic E-state index is -0.378. The third-order valence-corrected chi connectivity index (χ3v) is 4.60. The van der Waals surface area contributed by atoms with Crippen LogP contribution < -0.4 is 5.32 Å². The largest absolute Gasteiger partial charge is 0.353 e. The minimum Gasteiger partial charge on any atom is -0.353 e. The summed E-state index contributed by atoms with van der Waals surface area (Å²) >= 11 is 0. The molecule has 1 amide bonds. The Balaban J connectivity index is 1.36. The summed E-state index contributed by atoms with van der Waals surface area (Å²) in [5, 5.41) is 7.01. The number of hydrogen-bond acceptors (Lipinski definition) is 4. The van der Waals surface area contributed by atoms with Gasteiger partial charge in [0.25, 0.3) is 0 Å². The van der Waals surface area contributed by atoms with Gasteiger partial charge >= 0.3 is 0 Å². The van der Waals surface area contributed by atoms with E-state index >= 15 is 0 Å². The molecule has 1 aliphatic carbocycles. The van der Waals surface area contributed by atoms with E-state index < -0.39 is 0 Å². The van der Waals surface area contributed by atoms with Crippen LogP contribution in [0, 0.1) is 5.92 Å². The van der Waals surface area contributed by atoms with Crippen molar-refractivity contribution in [2.45, 2.75) is 57.5 Å². The minimum absolute atomic E-state index is 0.0253. The highest BCUT2D eigenvalue weighted by Crippen LogP contribution is 2.39. The number of carbonyl (C=O) groups is 1. The monoisotopic (exact) mass is 307 g/mol. The Bertz CT molecular complexity index is 481. The van der Waals surface area contributed by atoms with Crippen molar-refractivity contribution in [3.8, 4) is 0 Å². The van der Waals surface area contributed by atoms with E-state index in [9.17, 15) is 4.79 Å². The molecular weight excluding hydrogens is 282 g/mol. The van der Waals surface area contributed by atoms with E-state index in [0.717, 1.165) is 31.6 Å². The lowest BCUT2D eigenvalue weighted by atomic mass is 9.86. The number of rotatable bonds is 5. The number of nitrogens with zero attached hydrogens (tertiary/aromatic N) is 2. The average molecular weight is 307 g/mol. The Labute approximate surface area is 131 Å². The smallest absolute Gasteiger partial charge is 0.221 e. The highest BCUT2D eigenvalue weighted by molar-refractivity contribution is 5.75. The molecule has 1 N–H and O–H groups in total. The van der Waals surface area contributed by atoms with E-state index in [1.165, 1.54) is 0 Å². The van der Waals surface area contributed by atoms with Crippen LogP contribution in [0.3, 0.4) is 0 Å². The van der Waals surface area contributed by atoms with Crippen LogP contribution in [0.15, 0.2) is 18.5 Å². The van der Waals surface area contributed by atoms with Gasteiger partial charge in [0.15, 0.2) is 5.79 Å². The highest BCUT2D eigenvalue weighted by Gasteiger charge is 2.43. The number of ether oxygens (including phenoxy) is 2. The maximum Gasteiger partial charge on any atom is 0.221 e. The lowest BCUT2D eigenvalue weighted by Crippen LogP contribution is -2.38. The van der Waals surface area contributed by atoms with Crippen molar-refractivity contribution in [1.29, 1.82) is 0 Å². The molecule has 2 fully saturated rings. The molecule has 1 spiro atoms. The number of hydrogen-bond donors (Lipinski definition) is 1. The summed E-state index contributed by atoms with van der Waals surface area (Å²) in [4.78, 5) is 11.9. The molecule has 6 heteroatoms. The van der Waals surface area contributed by atoms with Crippen molar-refractivity contribution in [3.63, 3.8) is 0 Å². The first-order valence-electron chi connectivity index (χ1n) is 8.21. The first-order valence-corrected chi connectivity index (χ1v) is 8.21. The molecule has 0 bridgehead atoms. The van der Waals surface area contributed by atoms with Crippen LogP contribution >= 0.6 is 0 Å². The molecule has 3 rings (SSSR count). The van der Waals surface area contributed by atoms with E-state index in [-0.39, 0.29) is 17.8 Å². The van der Waals surface area contributed by atoms with Crippen LogP contribution in [-0.2, 0) is 20.8 Å². The lowest BCUT2D eigenvalue weighted by Gasteiger charge is -2.34. The fraction of sp³-hybridized carbons (Fsp3) is 0.750. The third kappa shape index (κ3) is 3.87. The molecule has 6 nitrogen and oxygen atoms in total. The molecule has 0 unspecified atom stereocenters. The molecule has 0 aromatic carbocycles. The summed E-state index contributed by atoms with van der Waals surface area (Å²) in [5.41, 5.74) is 0. The molecular formula is C16H25N3O3. The third-order valence-electron chi connectivity index (χ3n) is 4.60. The SMILES string of the molecule is CC1CCC2(CC1)OC[C@@H](CNC(=O)CCn1cccn1)O2. The van der Waals surface area contributed by atoms with Gasteiger partial charge in [0.1, 0.15) is 6.10 Å². The van der Waals surface area contributed by atoms with Crippen molar-refractivity contribution in [3.05, 3.63) is 18.5 Å². The van der Waals surface area contributed by atoms with Gasteiger partial charge in [0.05, 0.1) is 6.61 Å². The second kappa shape index (κ2) is 6.79. The number of amides is 1. The molecule has 1 aromatic rings. The quantitative estimate of drug-likeness (QED) is 0.899. The molecule has 22 heavy (non-hydrogen) atoms. The summed E-state index contributed by atoms with van der Waals surface area (Å²) in [6.45, 7) is 3.98. The first kappa shape index (κ1) is 15.5. The summed E-state index contributed by atoms with van der Waals surface area (Å²) in [6.07, 6.45) is 8.22. The molecule has 1 aliphatic heterocycles. The molecule has 122 valence electrons. The molecule has 1 aromatic heterocycles. The maximum absolute atomic E-state index is 11.9. The van der Waals surface area contributed by atoms with E-state index in [2.05, 4.69) is 17.3 Å². The Morgan fingerprint density at radius 3 is 3.00 bits per heavy atom. The predicted molar refractivity (Wildman–Crippen MR) is 81.0 cm³/mol. The van der Waals surface area contributed by atoms with E-state index in [4.69, 9.17) is 9.47 Å². The number of aryl methyl sites for hydroxylation is 1. The van der Waals surface area contributed by atoms with Crippen molar-refractivity contribution >= 4 is 5.91 Å². The Morgan fingerprint density at radius 2 is 2.27 bits per heavy atom. The summed E-state index contributed by atoms with van der Waals surface area (Å²) in [5.74, 6) is 0.410. The van der Waals surface area contributed by atoms with Gasteiger partial charge in [-0.3, -0.25) is 9.48 Å². The Morgan fingerprint density at radius 1 is 1.45 bits per heavy atom. The average Bonchev–Trinajstić information content (AvgIpc) is 3.17. The normalized spacial score (nSPS) is 31.5. The number of aromatic nitrogens is 2. The van der Waals surface area contributed by atoms with Crippen LogP contribution in [0.1, 0.15) is 39.0 Å². The van der Waals surface area contributed by atoms with Crippen molar-refractivity contribution < 1.29 is 14.3 Å². The van der Waals surface area contributed by atoms with Crippen molar-refractivity contribution in [2.75, 3.05) is 13.2 Å². The molecule has 2 aliphatic rings. The second-order valence-electron chi connectivity index (χ2n) is 6.47. The van der Waals surface area contributed by atoms with Crippen LogP contribution in [0.25, 0.3) is 0 Å². The zero-order valence-electron chi connectivity index (χ0n) is 13.2. The van der Waals surface area contributed by atoms with E-state index in [1.807, 2.05) is 12.3 Å². The zero-order chi connectivity index (χ0) is 15.4. The van der Waals surface area contributed by atoms with Crippen LogP contribution in [-0.4, -0.2) is 40.7 Å². The van der Waals surface area contributed by atoms with Crippen LogP contribution in [0.5, 0.6) is 0 Å². The predicted octanol–water partition coefficient (Wildman–Crippen LogP) is 1.71. The molecule has 2 heterocycles. The highest BCUT2D eigenvalue weighted by atomic mass is 16.7. The van der Waals surface area contributed by atoms with Crippen LogP contribution in [0.2, 0.25) is 0 Å². The van der Waals surface area contributed by atoms with Gasteiger partial charge in [-0.2, -0.15) is 5.10 Å². The van der Waals surface area contributed by atoms with Gasteiger partial charge in [-0.1, -0.05) is 6.92 Å². The topological polar surface area (TPSA) is 65.4 Å². The Hall–Kier alpha value is -1.40. The lowest BCUT2D eigenvalue weighted by molar-refractivity contribution is -0.191. The number of nitrogens with one attached hydrogen (secondary N) is 1. The summed E-state index contributed by atoms with van der Waals surface area (Å²) in [6, 6.07) is 1.85. The standard InChI is InChI=1S/C16H25N3O3/c1-13-3-6-16(7-4-13)21-12-14(22-16)11-17-15(20)5-10-19-9-2-8-18-19/h2,8-9,13-14H,3-7,10-12H2,1H3,(H,17,20)/t13?,14-,16?/m1/s1. The van der Waals surface area contributed by atoms with Crippen molar-refractivity contribution in [2.24, 2.45) is 5.92 Å². The first-order chi connectivity index (χ1) is 10.7. The van der Waals surface area contributed by atoms with Gasteiger partial charge in [0, 0.05) is 44.7 Å². The molecule has 0 radical (unpaired) electrons. The summed E-state index contributed by atoms with van der Waals surface area (Å²) < 4.78 is 13.7. The molecule has 1 saturated carbocycles. The van der Waals surface area contributed by atoms with Gasteiger partial charge in [-0.25, -0.2) is 0 Å². The summed E-state index contributed by atoms with van der Waals surface area (Å²) in [7, 11) is 0.